The number of morpholine rings is 1. The molecule has 2 aliphatic rings. The molecule has 0 bridgehead atoms. The third kappa shape index (κ3) is 5.50. The average Bonchev–Trinajstić information content (AvgIpc) is 3.18. The van der Waals surface area contributed by atoms with Gasteiger partial charge in [0.05, 0.1) is 30.9 Å². The molecule has 2 aromatic carbocycles. The Morgan fingerprint density at radius 1 is 1.22 bits per heavy atom. The van der Waals surface area contributed by atoms with Crippen LogP contribution in [0.15, 0.2) is 46.3 Å². The van der Waals surface area contributed by atoms with Crippen LogP contribution in [-0.4, -0.2) is 66.7 Å². The van der Waals surface area contributed by atoms with Crippen molar-refractivity contribution < 1.29 is 19.1 Å². The summed E-state index contributed by atoms with van der Waals surface area (Å²) in [6, 6.07) is 11.4. The molecule has 2 saturated heterocycles. The molecule has 0 unspecified atom stereocenters. The molecular weight excluding hydrogens is 474 g/mol. The van der Waals surface area contributed by atoms with Crippen LogP contribution in [0.25, 0.3) is 6.08 Å². The van der Waals surface area contributed by atoms with E-state index in [-0.39, 0.29) is 11.8 Å². The zero-order valence-corrected chi connectivity index (χ0v) is 22.4. The van der Waals surface area contributed by atoms with E-state index in [1.807, 2.05) is 38.1 Å². The predicted octanol–water partition coefficient (Wildman–Crippen LogP) is 5.22. The number of amides is 2. The third-order valence-electron chi connectivity index (χ3n) is 6.35. The van der Waals surface area contributed by atoms with Crippen molar-refractivity contribution in [3.05, 3.63) is 63.6 Å². The molecule has 0 aromatic heterocycles. The van der Waals surface area contributed by atoms with Gasteiger partial charge in [-0.3, -0.25) is 14.5 Å². The van der Waals surface area contributed by atoms with Crippen LogP contribution in [0.3, 0.4) is 0 Å². The lowest BCUT2D eigenvalue weighted by atomic mass is 9.96. The molecule has 2 aliphatic heterocycles. The molecule has 36 heavy (non-hydrogen) atoms. The van der Waals surface area contributed by atoms with Gasteiger partial charge < -0.3 is 14.4 Å². The first kappa shape index (κ1) is 26.0. The van der Waals surface area contributed by atoms with Crippen LogP contribution in [0.2, 0.25) is 0 Å². The molecule has 7 nitrogen and oxygen atoms in total. The Labute approximate surface area is 217 Å². The van der Waals surface area contributed by atoms with Crippen LogP contribution in [0.1, 0.15) is 53.7 Å². The van der Waals surface area contributed by atoms with Crippen molar-refractivity contribution in [1.82, 2.24) is 9.80 Å². The van der Waals surface area contributed by atoms with E-state index in [1.54, 1.807) is 29.0 Å². The molecule has 2 heterocycles. The molecule has 2 amide bonds. The smallest absolute Gasteiger partial charge is 0.266 e. The van der Waals surface area contributed by atoms with Crippen molar-refractivity contribution in [3.8, 4) is 5.75 Å². The number of hydrogen-bond donors (Lipinski definition) is 0. The first-order valence-corrected chi connectivity index (χ1v) is 13.1. The van der Waals surface area contributed by atoms with Gasteiger partial charge in [-0.25, -0.2) is 4.99 Å². The van der Waals surface area contributed by atoms with Crippen LogP contribution in [0.5, 0.6) is 5.75 Å². The number of benzene rings is 2. The largest absolute Gasteiger partial charge is 0.496 e. The van der Waals surface area contributed by atoms with Gasteiger partial charge in [-0.2, -0.15) is 0 Å². The monoisotopic (exact) mass is 507 g/mol. The minimum atomic E-state index is -0.0666. The number of hydrogen-bond acceptors (Lipinski definition) is 6. The van der Waals surface area contributed by atoms with Gasteiger partial charge >= 0.3 is 0 Å². The quantitative estimate of drug-likeness (QED) is 0.501. The van der Waals surface area contributed by atoms with Gasteiger partial charge in [-0.05, 0) is 84.6 Å². The second-order valence-electron chi connectivity index (χ2n) is 9.11. The van der Waals surface area contributed by atoms with Crippen molar-refractivity contribution in [2.24, 2.45) is 4.99 Å². The topological polar surface area (TPSA) is 71.4 Å². The maximum atomic E-state index is 13.2. The summed E-state index contributed by atoms with van der Waals surface area (Å²) >= 11 is 1.36. The Balaban J connectivity index is 1.63. The summed E-state index contributed by atoms with van der Waals surface area (Å²) < 4.78 is 10.9. The normalized spacial score (nSPS) is 18.6. The van der Waals surface area contributed by atoms with E-state index in [4.69, 9.17) is 14.5 Å². The van der Waals surface area contributed by atoms with Crippen LogP contribution in [0, 0.1) is 6.92 Å². The van der Waals surface area contributed by atoms with Crippen molar-refractivity contribution in [1.29, 1.82) is 0 Å². The number of nitrogens with zero attached hydrogens (tertiary/aromatic N) is 3. The minimum absolute atomic E-state index is 0.0284. The highest BCUT2D eigenvalue weighted by molar-refractivity contribution is 8.18. The predicted molar refractivity (Wildman–Crippen MR) is 145 cm³/mol. The molecule has 0 saturated carbocycles. The molecule has 0 spiro atoms. The lowest BCUT2D eigenvalue weighted by molar-refractivity contribution is -0.122. The maximum Gasteiger partial charge on any atom is 0.266 e. The Kier molecular flexibility index (Phi) is 8.16. The molecule has 190 valence electrons. The number of ether oxygens (including phenoxy) is 2. The summed E-state index contributed by atoms with van der Waals surface area (Å²) in [6.07, 6.45) is 1.94. The van der Waals surface area contributed by atoms with Crippen molar-refractivity contribution in [2.45, 2.75) is 33.6 Å². The van der Waals surface area contributed by atoms with Gasteiger partial charge in [0, 0.05) is 25.2 Å². The number of carbonyl (C=O) groups excluding carboxylic acids is 2. The van der Waals surface area contributed by atoms with Gasteiger partial charge in [0.15, 0.2) is 5.17 Å². The lowest BCUT2D eigenvalue weighted by Gasteiger charge is -2.26. The van der Waals surface area contributed by atoms with Gasteiger partial charge in [-0.15, -0.1) is 0 Å². The van der Waals surface area contributed by atoms with Crippen LogP contribution >= 0.6 is 11.8 Å². The summed E-state index contributed by atoms with van der Waals surface area (Å²) in [4.78, 5) is 35.0. The number of thioether (sulfide) groups is 1. The zero-order valence-electron chi connectivity index (χ0n) is 21.5. The second kappa shape index (κ2) is 11.3. The van der Waals surface area contributed by atoms with Gasteiger partial charge in [0.2, 0.25) is 0 Å². The van der Waals surface area contributed by atoms with Gasteiger partial charge in [0.1, 0.15) is 5.75 Å². The van der Waals surface area contributed by atoms with Gasteiger partial charge in [0.25, 0.3) is 11.8 Å². The highest BCUT2D eigenvalue weighted by atomic mass is 32.2. The lowest BCUT2D eigenvalue weighted by Crippen LogP contribution is -2.40. The van der Waals surface area contributed by atoms with E-state index in [2.05, 4.69) is 19.9 Å². The maximum absolute atomic E-state index is 13.2. The fraction of sp³-hybridized carbons (Fsp3) is 0.393. The fourth-order valence-corrected chi connectivity index (χ4v) is 5.33. The fourth-order valence-electron chi connectivity index (χ4n) is 4.28. The Morgan fingerprint density at radius 3 is 2.64 bits per heavy atom. The van der Waals surface area contributed by atoms with E-state index in [9.17, 15) is 9.59 Å². The number of methoxy groups -OCH3 is 1. The minimum Gasteiger partial charge on any atom is -0.496 e. The van der Waals surface area contributed by atoms with Crippen LogP contribution < -0.4 is 4.74 Å². The summed E-state index contributed by atoms with van der Waals surface area (Å²) in [7, 11) is 1.68. The third-order valence-corrected chi connectivity index (χ3v) is 7.35. The highest BCUT2D eigenvalue weighted by Gasteiger charge is 2.32. The number of rotatable bonds is 6. The van der Waals surface area contributed by atoms with Crippen LogP contribution in [0.4, 0.5) is 5.69 Å². The highest BCUT2D eigenvalue weighted by Crippen LogP contribution is 2.36. The van der Waals surface area contributed by atoms with E-state index in [0.29, 0.717) is 60.1 Å². The molecule has 0 radical (unpaired) electrons. The van der Waals surface area contributed by atoms with E-state index < -0.39 is 0 Å². The van der Waals surface area contributed by atoms with E-state index in [0.717, 1.165) is 22.4 Å². The first-order chi connectivity index (χ1) is 17.3. The van der Waals surface area contributed by atoms with Gasteiger partial charge in [-0.1, -0.05) is 19.9 Å². The average molecular weight is 508 g/mol. The number of amidine groups is 1. The van der Waals surface area contributed by atoms with Crippen molar-refractivity contribution in [3.63, 3.8) is 0 Å². The Morgan fingerprint density at radius 2 is 1.97 bits per heavy atom. The molecule has 2 aromatic rings. The molecule has 8 heteroatoms. The number of likely N-dealkylation sites (N-methyl/N-ethyl adjacent to an activating group) is 1. The Bertz CT molecular complexity index is 1220. The summed E-state index contributed by atoms with van der Waals surface area (Å²) in [5, 5.41) is 0.611. The van der Waals surface area contributed by atoms with Crippen molar-refractivity contribution >= 4 is 40.5 Å². The summed E-state index contributed by atoms with van der Waals surface area (Å²) in [5.41, 5.74) is 4.37. The SMILES string of the molecule is CCN1C(=O)/C(=C\c2cc(C(C)C)c(OC)cc2C)SC1=Nc1cccc(C(=O)N2CCOCC2)c1. The zero-order chi connectivity index (χ0) is 25.8. The molecule has 0 aliphatic carbocycles. The standard InChI is InChI=1S/C28H33N3O4S/c1-6-31-27(33)25(17-21-16-23(18(2)3)24(34-5)14-19(21)4)36-28(31)29-22-9-7-8-20(15-22)26(32)30-10-12-35-13-11-30/h7-9,14-18H,6,10-13H2,1-5H3/b25-17+,29-28?. The summed E-state index contributed by atoms with van der Waals surface area (Å²) in [5.74, 6) is 1.06. The first-order valence-electron chi connectivity index (χ1n) is 12.3. The van der Waals surface area contributed by atoms with Crippen LogP contribution in [-0.2, 0) is 9.53 Å². The molecule has 0 N–H and O–H groups in total. The molecule has 4 rings (SSSR count). The van der Waals surface area contributed by atoms with E-state index >= 15 is 0 Å². The molecule has 0 atom stereocenters. The van der Waals surface area contributed by atoms with Crippen molar-refractivity contribution in [2.75, 3.05) is 40.0 Å². The second-order valence-corrected chi connectivity index (χ2v) is 10.1. The number of aryl methyl sites for hydroxylation is 1. The Hall–Kier alpha value is -3.10. The van der Waals surface area contributed by atoms with E-state index in [1.165, 1.54) is 11.8 Å². The molecular formula is C28H33N3O4S. The molecule has 2 fully saturated rings. The number of aliphatic imine (C=N–C) groups is 1. The number of carbonyl (C=O) groups is 2. The summed E-state index contributed by atoms with van der Waals surface area (Å²) in [6.45, 7) is 11.0.